The Morgan fingerprint density at radius 3 is 1.64 bits per heavy atom. The van der Waals surface area contributed by atoms with E-state index in [-0.39, 0.29) is 29.5 Å². The third-order valence-electron chi connectivity index (χ3n) is 11.7. The molecule has 4 amide bonds. The first-order chi connectivity index (χ1) is 22.7. The minimum absolute atomic E-state index is 0.0878. The van der Waals surface area contributed by atoms with Crippen LogP contribution in [0.1, 0.15) is 49.8 Å². The van der Waals surface area contributed by atoms with Crippen LogP contribution in [0.15, 0.2) is 78.9 Å². The third kappa shape index (κ3) is 3.61. The highest BCUT2D eigenvalue weighted by molar-refractivity contribution is 6.01. The minimum atomic E-state index is -0.835. The first kappa shape index (κ1) is 28.4. The van der Waals surface area contributed by atoms with E-state index in [0.717, 1.165) is 28.1 Å². The van der Waals surface area contributed by atoms with E-state index in [1.807, 2.05) is 66.7 Å². The van der Waals surface area contributed by atoms with Gasteiger partial charge in [0.2, 0.25) is 23.6 Å². The molecule has 6 heterocycles. The summed E-state index contributed by atoms with van der Waals surface area (Å²) >= 11 is 0. The Labute approximate surface area is 273 Å². The van der Waals surface area contributed by atoms with Gasteiger partial charge in [-0.2, -0.15) is 0 Å². The molecule has 3 aromatic rings. The average Bonchev–Trinajstić information content (AvgIpc) is 3.77. The van der Waals surface area contributed by atoms with Crippen LogP contribution in [-0.2, 0) is 36.4 Å². The summed E-state index contributed by atoms with van der Waals surface area (Å²) in [6.45, 7) is 4.10. The molecule has 8 unspecified atom stereocenters. The standard InChI is InChI=1S/C37H38N6O4/c1-20(2)16-26-32(46)42-28(30(44)38-26)18-36(22-12-6-8-14-24(22)40-34(36)42)37-19-29-31(45)39-27(17-21-10-4-3-5-11-21)33(47)43(29)35(37)41-25-15-9-7-13-23(25)37/h3-15,20,26-29,34-35,40-41H,16-19H2,1-2H3,(H,38,44)(H,39,45). The van der Waals surface area contributed by atoms with Crippen molar-refractivity contribution in [1.29, 1.82) is 0 Å². The molecule has 0 aliphatic carbocycles. The van der Waals surface area contributed by atoms with E-state index in [1.165, 1.54) is 0 Å². The van der Waals surface area contributed by atoms with Crippen LogP contribution in [0.2, 0.25) is 0 Å². The normalized spacial score (nSPS) is 34.4. The highest BCUT2D eigenvalue weighted by atomic mass is 16.2. The maximum Gasteiger partial charge on any atom is 0.247 e. The van der Waals surface area contributed by atoms with Crippen LogP contribution in [-0.4, -0.2) is 69.9 Å². The van der Waals surface area contributed by atoms with Gasteiger partial charge in [0.15, 0.2) is 0 Å². The number of fused-ring (bicyclic) bond motifs is 11. The predicted molar refractivity (Wildman–Crippen MR) is 175 cm³/mol. The highest BCUT2D eigenvalue weighted by Crippen LogP contribution is 2.68. The molecule has 9 rings (SSSR count). The molecule has 0 bridgehead atoms. The van der Waals surface area contributed by atoms with Crippen LogP contribution in [0.25, 0.3) is 0 Å². The molecule has 4 fully saturated rings. The number of para-hydroxylation sites is 2. The van der Waals surface area contributed by atoms with Gasteiger partial charge < -0.3 is 31.1 Å². The van der Waals surface area contributed by atoms with Gasteiger partial charge in [0.25, 0.3) is 0 Å². The van der Waals surface area contributed by atoms with Crippen molar-refractivity contribution in [1.82, 2.24) is 20.4 Å². The zero-order valence-corrected chi connectivity index (χ0v) is 26.4. The molecule has 0 aromatic heterocycles. The Kier molecular flexibility index (Phi) is 5.93. The molecule has 0 spiro atoms. The number of nitrogens with one attached hydrogen (secondary N) is 4. The van der Waals surface area contributed by atoms with Gasteiger partial charge in [0.05, 0.1) is 10.8 Å². The van der Waals surface area contributed by atoms with E-state index < -0.39 is 47.3 Å². The van der Waals surface area contributed by atoms with Gasteiger partial charge in [-0.1, -0.05) is 80.6 Å². The Balaban J connectivity index is 1.22. The maximum absolute atomic E-state index is 14.6. The number of hydrogen-bond acceptors (Lipinski definition) is 6. The lowest BCUT2D eigenvalue weighted by Gasteiger charge is -2.48. The second-order valence-corrected chi connectivity index (χ2v) is 14.5. The van der Waals surface area contributed by atoms with Crippen molar-refractivity contribution in [3.63, 3.8) is 0 Å². The third-order valence-corrected chi connectivity index (χ3v) is 11.7. The van der Waals surface area contributed by atoms with Crippen molar-refractivity contribution in [3.8, 4) is 0 Å². The molecule has 0 saturated carbocycles. The molecule has 10 nitrogen and oxygen atoms in total. The summed E-state index contributed by atoms with van der Waals surface area (Å²) < 4.78 is 0. The van der Waals surface area contributed by atoms with Gasteiger partial charge in [-0.05, 0) is 54.0 Å². The molecule has 8 atom stereocenters. The molecular formula is C37H38N6O4. The topological polar surface area (TPSA) is 123 Å². The quantitative estimate of drug-likeness (QED) is 0.344. The van der Waals surface area contributed by atoms with Crippen molar-refractivity contribution in [3.05, 3.63) is 95.6 Å². The Morgan fingerprint density at radius 2 is 1.11 bits per heavy atom. The lowest BCUT2D eigenvalue weighted by molar-refractivity contribution is -0.149. The number of rotatable bonds is 5. The maximum atomic E-state index is 14.6. The molecule has 6 aliphatic heterocycles. The second kappa shape index (κ2) is 9.82. The molecular weight excluding hydrogens is 592 g/mol. The van der Waals surface area contributed by atoms with Gasteiger partial charge in [-0.3, -0.25) is 19.2 Å². The van der Waals surface area contributed by atoms with E-state index in [9.17, 15) is 19.2 Å². The summed E-state index contributed by atoms with van der Waals surface area (Å²) in [4.78, 5) is 60.6. The summed E-state index contributed by atoms with van der Waals surface area (Å²) in [7, 11) is 0. The van der Waals surface area contributed by atoms with Gasteiger partial charge >= 0.3 is 0 Å². The van der Waals surface area contributed by atoms with Crippen LogP contribution < -0.4 is 21.3 Å². The molecule has 47 heavy (non-hydrogen) atoms. The highest BCUT2D eigenvalue weighted by Gasteiger charge is 2.78. The van der Waals surface area contributed by atoms with Crippen LogP contribution >= 0.6 is 0 Å². The number of nitrogens with zero attached hydrogens (tertiary/aromatic N) is 2. The van der Waals surface area contributed by atoms with Crippen molar-refractivity contribution in [2.24, 2.45) is 5.92 Å². The number of amides is 4. The van der Waals surface area contributed by atoms with Crippen LogP contribution in [0.5, 0.6) is 0 Å². The predicted octanol–water partition coefficient (Wildman–Crippen LogP) is 2.85. The number of carbonyl (C=O) groups excluding carboxylic acids is 4. The number of anilines is 2. The van der Waals surface area contributed by atoms with E-state index in [4.69, 9.17) is 0 Å². The fourth-order valence-corrected chi connectivity index (χ4v) is 10.0. The van der Waals surface area contributed by atoms with Crippen LogP contribution in [0, 0.1) is 5.92 Å². The molecule has 10 heteroatoms. The summed E-state index contributed by atoms with van der Waals surface area (Å²) in [5.41, 5.74) is 3.15. The summed E-state index contributed by atoms with van der Waals surface area (Å²) in [5.74, 6) is -0.320. The van der Waals surface area contributed by atoms with Crippen molar-refractivity contribution in [2.45, 2.75) is 86.9 Å². The SMILES string of the molecule is CC(C)CC1NC(=O)C2CC3(C45CC6C(=O)NC(Cc7ccccc7)C(=O)N6C4Nc4ccccc45)c4ccccc4NC3N2C1=O. The van der Waals surface area contributed by atoms with E-state index >= 15 is 0 Å². The molecule has 4 saturated heterocycles. The van der Waals surface area contributed by atoms with Gasteiger partial charge in [-0.25, -0.2) is 0 Å². The number of benzene rings is 3. The smallest absolute Gasteiger partial charge is 0.247 e. The molecule has 240 valence electrons. The fraction of sp³-hybridized carbons (Fsp3) is 0.405. The Bertz CT molecular complexity index is 1850. The van der Waals surface area contributed by atoms with Crippen LogP contribution in [0.4, 0.5) is 11.4 Å². The van der Waals surface area contributed by atoms with Crippen molar-refractivity contribution < 1.29 is 19.2 Å². The van der Waals surface area contributed by atoms with E-state index in [0.29, 0.717) is 25.7 Å². The number of hydrogen-bond donors (Lipinski definition) is 4. The number of carbonyl (C=O) groups is 4. The van der Waals surface area contributed by atoms with Crippen LogP contribution in [0.3, 0.4) is 0 Å². The number of piperazine rings is 2. The molecule has 6 aliphatic rings. The monoisotopic (exact) mass is 630 g/mol. The van der Waals surface area contributed by atoms with Crippen molar-refractivity contribution in [2.75, 3.05) is 10.6 Å². The molecule has 3 aromatic carbocycles. The lowest BCUT2D eigenvalue weighted by Crippen LogP contribution is -2.66. The lowest BCUT2D eigenvalue weighted by atomic mass is 9.54. The molecule has 4 N–H and O–H groups in total. The molecule has 0 radical (unpaired) electrons. The first-order valence-corrected chi connectivity index (χ1v) is 16.8. The summed E-state index contributed by atoms with van der Waals surface area (Å²) in [6, 6.07) is 23.2. The average molecular weight is 631 g/mol. The van der Waals surface area contributed by atoms with Gasteiger partial charge in [0, 0.05) is 17.8 Å². The van der Waals surface area contributed by atoms with E-state index in [1.54, 1.807) is 9.80 Å². The summed E-state index contributed by atoms with van der Waals surface area (Å²) in [5, 5.41) is 13.6. The fourth-order valence-electron chi connectivity index (χ4n) is 10.0. The van der Waals surface area contributed by atoms with Gasteiger partial charge in [0.1, 0.15) is 36.5 Å². The second-order valence-electron chi connectivity index (χ2n) is 14.5. The zero-order valence-electron chi connectivity index (χ0n) is 26.4. The Morgan fingerprint density at radius 1 is 0.638 bits per heavy atom. The summed E-state index contributed by atoms with van der Waals surface area (Å²) in [6.07, 6.45) is 0.545. The Hall–Kier alpha value is -4.86. The first-order valence-electron chi connectivity index (χ1n) is 16.8. The largest absolute Gasteiger partial charge is 0.364 e. The zero-order chi connectivity index (χ0) is 32.2. The minimum Gasteiger partial charge on any atom is -0.364 e. The van der Waals surface area contributed by atoms with Crippen molar-refractivity contribution >= 4 is 35.0 Å². The van der Waals surface area contributed by atoms with E-state index in [2.05, 4.69) is 47.2 Å². The van der Waals surface area contributed by atoms with Gasteiger partial charge in [-0.15, -0.1) is 0 Å².